The number of aromatic amines is 1. The Kier molecular flexibility index (Phi) is 4.63. The number of fused-ring (bicyclic) bond motifs is 1. The number of rotatable bonds is 3. The lowest BCUT2D eigenvalue weighted by molar-refractivity contribution is -0.123. The maximum absolute atomic E-state index is 12.7. The zero-order valence-electron chi connectivity index (χ0n) is 14.1. The minimum atomic E-state index is -0.878. The number of thioether (sulfide) groups is 1. The van der Waals surface area contributed by atoms with Gasteiger partial charge in [0.25, 0.3) is 5.56 Å². The molecular formula is C17H18N4O3S. The van der Waals surface area contributed by atoms with Crippen molar-refractivity contribution in [3.63, 3.8) is 0 Å². The zero-order valence-corrected chi connectivity index (χ0v) is 14.9. The maximum atomic E-state index is 12.7. The highest BCUT2D eigenvalue weighted by molar-refractivity contribution is 7.98. The first-order valence-electron chi connectivity index (χ1n) is 7.74. The second-order valence-corrected chi connectivity index (χ2v) is 6.80. The normalized spacial score (nSPS) is 16.1. The van der Waals surface area contributed by atoms with Gasteiger partial charge in [0.15, 0.2) is 5.16 Å². The van der Waals surface area contributed by atoms with Crippen LogP contribution in [0.3, 0.4) is 0 Å². The molecule has 7 nitrogen and oxygen atoms in total. The van der Waals surface area contributed by atoms with Crippen molar-refractivity contribution >= 4 is 35.1 Å². The van der Waals surface area contributed by atoms with Gasteiger partial charge in [-0.15, -0.1) is 0 Å². The van der Waals surface area contributed by atoms with E-state index in [4.69, 9.17) is 0 Å². The van der Waals surface area contributed by atoms with Gasteiger partial charge in [-0.3, -0.25) is 14.4 Å². The first kappa shape index (κ1) is 17.2. The molecule has 0 unspecified atom stereocenters. The molecule has 1 aromatic carbocycles. The molecule has 0 radical (unpaired) electrons. The summed E-state index contributed by atoms with van der Waals surface area (Å²) in [5.74, 6) is -1.45. The van der Waals surface area contributed by atoms with Crippen LogP contribution in [0.5, 0.6) is 0 Å². The van der Waals surface area contributed by atoms with Gasteiger partial charge in [0.1, 0.15) is 5.82 Å². The lowest BCUT2D eigenvalue weighted by Crippen LogP contribution is -2.36. The molecule has 1 aromatic heterocycles. The molecule has 0 saturated carbocycles. The highest BCUT2D eigenvalue weighted by Gasteiger charge is 2.34. The van der Waals surface area contributed by atoms with Gasteiger partial charge in [0.05, 0.1) is 11.5 Å². The standard InChI is InChI=1S/C17H18N4O3S/c1-8-4-9(2)6-10(5-8)18-15(23)11-7-12(22)19-14-13(11)16(24)21-17(20-14)25-3/h4-6,11H,7H2,1-3H3,(H,18,23)(H2,19,20,21,22,24)/t11-/m1/s1. The highest BCUT2D eigenvalue weighted by Crippen LogP contribution is 2.30. The fourth-order valence-electron chi connectivity index (χ4n) is 2.95. The fraction of sp³-hybridized carbons (Fsp3) is 0.294. The third-order valence-electron chi connectivity index (χ3n) is 3.93. The predicted octanol–water partition coefficient (Wildman–Crippen LogP) is 2.17. The van der Waals surface area contributed by atoms with Crippen LogP contribution in [0.4, 0.5) is 11.5 Å². The molecule has 25 heavy (non-hydrogen) atoms. The van der Waals surface area contributed by atoms with Crippen molar-refractivity contribution in [3.8, 4) is 0 Å². The Labute approximate surface area is 148 Å². The number of nitrogens with one attached hydrogen (secondary N) is 3. The van der Waals surface area contributed by atoms with Gasteiger partial charge in [-0.2, -0.15) is 0 Å². The minimum absolute atomic E-state index is 0.0903. The molecule has 0 aliphatic carbocycles. The second kappa shape index (κ2) is 6.72. The molecule has 2 amide bonds. The molecule has 8 heteroatoms. The van der Waals surface area contributed by atoms with Crippen LogP contribution < -0.4 is 16.2 Å². The average molecular weight is 358 g/mol. The van der Waals surface area contributed by atoms with E-state index in [0.29, 0.717) is 10.8 Å². The summed E-state index contributed by atoms with van der Waals surface area (Å²) in [6.45, 7) is 3.87. The Balaban J connectivity index is 1.96. The maximum Gasteiger partial charge on any atom is 0.257 e. The summed E-state index contributed by atoms with van der Waals surface area (Å²) >= 11 is 1.25. The number of aromatic nitrogens is 2. The van der Waals surface area contributed by atoms with Crippen LogP contribution in [0, 0.1) is 13.8 Å². The molecule has 2 aromatic rings. The number of hydrogen-bond acceptors (Lipinski definition) is 5. The van der Waals surface area contributed by atoms with Crippen molar-refractivity contribution < 1.29 is 9.59 Å². The Bertz CT molecular complexity index is 902. The van der Waals surface area contributed by atoms with Crippen LogP contribution >= 0.6 is 11.8 Å². The number of nitrogens with zero attached hydrogens (tertiary/aromatic N) is 1. The third kappa shape index (κ3) is 3.58. The Hall–Kier alpha value is -2.61. The topological polar surface area (TPSA) is 104 Å². The van der Waals surface area contributed by atoms with E-state index in [1.165, 1.54) is 11.8 Å². The Morgan fingerprint density at radius 2 is 1.92 bits per heavy atom. The van der Waals surface area contributed by atoms with E-state index in [-0.39, 0.29) is 23.7 Å². The number of anilines is 2. The lowest BCUT2D eigenvalue weighted by atomic mass is 9.92. The molecule has 0 saturated heterocycles. The number of benzene rings is 1. The van der Waals surface area contributed by atoms with Crippen molar-refractivity contribution in [2.45, 2.75) is 31.3 Å². The summed E-state index contributed by atoms with van der Waals surface area (Å²) in [7, 11) is 0. The van der Waals surface area contributed by atoms with Gasteiger partial charge in [0, 0.05) is 12.1 Å². The van der Waals surface area contributed by atoms with Crippen molar-refractivity contribution in [2.75, 3.05) is 16.9 Å². The largest absolute Gasteiger partial charge is 0.326 e. The van der Waals surface area contributed by atoms with Crippen LogP contribution in [-0.2, 0) is 9.59 Å². The molecule has 0 spiro atoms. The minimum Gasteiger partial charge on any atom is -0.326 e. The summed E-state index contributed by atoms with van der Waals surface area (Å²) in [5.41, 5.74) is 2.46. The second-order valence-electron chi connectivity index (χ2n) is 6.01. The number of hydrogen-bond donors (Lipinski definition) is 3. The summed E-state index contributed by atoms with van der Waals surface area (Å²) < 4.78 is 0. The number of amides is 2. The summed E-state index contributed by atoms with van der Waals surface area (Å²) in [6, 6.07) is 5.68. The monoisotopic (exact) mass is 358 g/mol. The van der Waals surface area contributed by atoms with Gasteiger partial charge < -0.3 is 15.6 Å². The van der Waals surface area contributed by atoms with E-state index < -0.39 is 17.4 Å². The fourth-order valence-corrected chi connectivity index (χ4v) is 3.32. The number of H-pyrrole nitrogens is 1. The van der Waals surface area contributed by atoms with Crippen molar-refractivity contribution in [1.29, 1.82) is 0 Å². The van der Waals surface area contributed by atoms with Crippen molar-refractivity contribution in [3.05, 3.63) is 45.2 Å². The van der Waals surface area contributed by atoms with Gasteiger partial charge >= 0.3 is 0 Å². The SMILES string of the molecule is CSc1nc2c(c(=O)[nH]1)[C@H](C(=O)Nc1cc(C)cc(C)c1)CC(=O)N2. The van der Waals surface area contributed by atoms with Crippen molar-refractivity contribution in [1.82, 2.24) is 9.97 Å². The number of carbonyl (C=O) groups is 2. The van der Waals surface area contributed by atoms with Gasteiger partial charge in [-0.25, -0.2) is 4.98 Å². The van der Waals surface area contributed by atoms with E-state index in [1.54, 1.807) is 6.26 Å². The molecule has 1 atom stereocenters. The van der Waals surface area contributed by atoms with Crippen LogP contribution in [-0.4, -0.2) is 28.0 Å². The van der Waals surface area contributed by atoms with Crippen LogP contribution in [0.15, 0.2) is 28.2 Å². The molecule has 130 valence electrons. The van der Waals surface area contributed by atoms with Gasteiger partial charge in [0.2, 0.25) is 11.8 Å². The predicted molar refractivity (Wildman–Crippen MR) is 97.2 cm³/mol. The molecule has 1 aliphatic rings. The quantitative estimate of drug-likeness (QED) is 0.576. The molecule has 0 fully saturated rings. The van der Waals surface area contributed by atoms with Crippen LogP contribution in [0.25, 0.3) is 0 Å². The van der Waals surface area contributed by atoms with Crippen LogP contribution in [0.2, 0.25) is 0 Å². The van der Waals surface area contributed by atoms with Gasteiger partial charge in [-0.1, -0.05) is 17.8 Å². The summed E-state index contributed by atoms with van der Waals surface area (Å²) in [4.78, 5) is 43.9. The summed E-state index contributed by atoms with van der Waals surface area (Å²) in [6.07, 6.45) is 1.67. The Morgan fingerprint density at radius 3 is 2.56 bits per heavy atom. The number of carbonyl (C=O) groups excluding carboxylic acids is 2. The lowest BCUT2D eigenvalue weighted by Gasteiger charge is -2.23. The third-order valence-corrected chi connectivity index (χ3v) is 4.51. The van der Waals surface area contributed by atoms with E-state index in [0.717, 1.165) is 11.1 Å². The van der Waals surface area contributed by atoms with E-state index in [9.17, 15) is 14.4 Å². The molecule has 0 bridgehead atoms. The molecule has 3 rings (SSSR count). The number of aryl methyl sites for hydroxylation is 2. The average Bonchev–Trinajstić information content (AvgIpc) is 2.52. The summed E-state index contributed by atoms with van der Waals surface area (Å²) in [5, 5.41) is 5.77. The van der Waals surface area contributed by atoms with E-state index in [1.807, 2.05) is 32.0 Å². The van der Waals surface area contributed by atoms with Crippen molar-refractivity contribution in [2.24, 2.45) is 0 Å². The van der Waals surface area contributed by atoms with Crippen LogP contribution in [0.1, 0.15) is 29.0 Å². The van der Waals surface area contributed by atoms with Gasteiger partial charge in [-0.05, 0) is 43.4 Å². The molecule has 3 N–H and O–H groups in total. The zero-order chi connectivity index (χ0) is 18.1. The first-order chi connectivity index (χ1) is 11.9. The Morgan fingerprint density at radius 1 is 1.24 bits per heavy atom. The molecule has 1 aliphatic heterocycles. The first-order valence-corrected chi connectivity index (χ1v) is 8.97. The highest BCUT2D eigenvalue weighted by atomic mass is 32.2. The van der Waals surface area contributed by atoms with E-state index >= 15 is 0 Å². The molecule has 2 heterocycles. The van der Waals surface area contributed by atoms with E-state index in [2.05, 4.69) is 20.6 Å². The molecular weight excluding hydrogens is 340 g/mol. The smallest absolute Gasteiger partial charge is 0.257 e.